The van der Waals surface area contributed by atoms with Crippen molar-refractivity contribution in [1.29, 1.82) is 0 Å². The summed E-state index contributed by atoms with van der Waals surface area (Å²) in [6.45, 7) is 3.02. The molecule has 0 atom stereocenters. The van der Waals surface area contributed by atoms with Crippen LogP contribution in [-0.4, -0.2) is 38.1 Å². The van der Waals surface area contributed by atoms with Crippen molar-refractivity contribution in [1.82, 2.24) is 10.0 Å². The zero-order chi connectivity index (χ0) is 19.3. The first-order valence-electron chi connectivity index (χ1n) is 7.66. The third kappa shape index (κ3) is 5.55. The summed E-state index contributed by atoms with van der Waals surface area (Å²) in [4.78, 5) is 23.0. The lowest BCUT2D eigenvalue weighted by Crippen LogP contribution is -2.34. The van der Waals surface area contributed by atoms with E-state index in [9.17, 15) is 18.0 Å². The van der Waals surface area contributed by atoms with Crippen molar-refractivity contribution in [3.8, 4) is 10.4 Å². The summed E-state index contributed by atoms with van der Waals surface area (Å²) in [5, 5.41) is 14.0. The SMILES string of the molecule is CC(C)NC(=O)Nc1cccc(-c2ccc(S(=O)(=O)NCC(=O)O)s2)c1. The van der Waals surface area contributed by atoms with E-state index in [1.807, 2.05) is 18.6 Å². The number of carbonyl (C=O) groups is 2. The van der Waals surface area contributed by atoms with Gasteiger partial charge in [0.15, 0.2) is 0 Å². The number of urea groups is 1. The number of hydrogen-bond donors (Lipinski definition) is 4. The molecule has 4 N–H and O–H groups in total. The highest BCUT2D eigenvalue weighted by Crippen LogP contribution is 2.31. The molecule has 0 aliphatic heterocycles. The summed E-state index contributed by atoms with van der Waals surface area (Å²) >= 11 is 1.01. The Morgan fingerprint density at radius 2 is 1.92 bits per heavy atom. The van der Waals surface area contributed by atoms with Crippen molar-refractivity contribution >= 4 is 39.0 Å². The Morgan fingerprint density at radius 3 is 2.58 bits per heavy atom. The zero-order valence-corrected chi connectivity index (χ0v) is 15.8. The van der Waals surface area contributed by atoms with E-state index in [2.05, 4.69) is 10.6 Å². The molecule has 2 amide bonds. The summed E-state index contributed by atoms with van der Waals surface area (Å²) in [5.41, 5.74) is 1.31. The predicted molar refractivity (Wildman–Crippen MR) is 99.9 cm³/mol. The summed E-state index contributed by atoms with van der Waals surface area (Å²) in [7, 11) is -3.88. The van der Waals surface area contributed by atoms with Gasteiger partial charge in [0.1, 0.15) is 10.8 Å². The first-order chi connectivity index (χ1) is 12.2. The van der Waals surface area contributed by atoms with Crippen molar-refractivity contribution in [2.75, 3.05) is 11.9 Å². The van der Waals surface area contributed by atoms with Crippen LogP contribution in [0.1, 0.15) is 13.8 Å². The topological polar surface area (TPSA) is 125 Å². The average molecular weight is 397 g/mol. The minimum absolute atomic E-state index is 0.00143. The molecule has 0 saturated carbocycles. The third-order valence-corrected chi connectivity index (χ3v) is 6.11. The third-order valence-electron chi connectivity index (χ3n) is 3.08. The van der Waals surface area contributed by atoms with Crippen molar-refractivity contribution in [2.24, 2.45) is 0 Å². The first-order valence-corrected chi connectivity index (χ1v) is 9.96. The summed E-state index contributed by atoms with van der Waals surface area (Å²) < 4.78 is 26.2. The fraction of sp³-hybridized carbons (Fsp3) is 0.250. The van der Waals surface area contributed by atoms with Crippen LogP contribution in [0.4, 0.5) is 10.5 Å². The second-order valence-corrected chi connectivity index (χ2v) is 8.75. The van der Waals surface area contributed by atoms with Gasteiger partial charge < -0.3 is 15.7 Å². The Kier molecular flexibility index (Phi) is 6.35. The molecule has 0 radical (unpaired) electrons. The fourth-order valence-corrected chi connectivity index (χ4v) is 4.35. The van der Waals surface area contributed by atoms with Gasteiger partial charge in [0.2, 0.25) is 0 Å². The standard InChI is InChI=1S/C16H19N3O5S2/c1-10(2)18-16(22)19-12-5-3-4-11(8-12)13-6-7-15(25-13)26(23,24)17-9-14(20)21/h3-8,10,17H,9H2,1-2H3,(H,20,21)(H2,18,19,22). The molecule has 0 bridgehead atoms. The lowest BCUT2D eigenvalue weighted by atomic mass is 10.1. The van der Waals surface area contributed by atoms with Crippen LogP contribution < -0.4 is 15.4 Å². The molecule has 0 fully saturated rings. The molecule has 140 valence electrons. The number of amides is 2. The van der Waals surface area contributed by atoms with Crippen LogP contribution in [0.5, 0.6) is 0 Å². The van der Waals surface area contributed by atoms with Crippen LogP contribution in [0.25, 0.3) is 10.4 Å². The maximum atomic E-state index is 12.1. The van der Waals surface area contributed by atoms with E-state index >= 15 is 0 Å². The minimum atomic E-state index is -3.88. The van der Waals surface area contributed by atoms with Crippen LogP contribution in [-0.2, 0) is 14.8 Å². The smallest absolute Gasteiger partial charge is 0.319 e. The molecule has 8 nitrogen and oxygen atoms in total. The Bertz CT molecular complexity index is 906. The number of thiophene rings is 1. The van der Waals surface area contributed by atoms with Gasteiger partial charge in [-0.05, 0) is 43.7 Å². The summed E-state index contributed by atoms with van der Waals surface area (Å²) in [6.07, 6.45) is 0. The zero-order valence-electron chi connectivity index (χ0n) is 14.1. The predicted octanol–water partition coefficient (Wildman–Crippen LogP) is 2.31. The maximum absolute atomic E-state index is 12.1. The molecule has 0 aliphatic rings. The highest BCUT2D eigenvalue weighted by Gasteiger charge is 2.18. The Hall–Kier alpha value is -2.43. The van der Waals surface area contributed by atoms with E-state index in [1.54, 1.807) is 30.3 Å². The Morgan fingerprint density at radius 1 is 1.19 bits per heavy atom. The molecular formula is C16H19N3O5S2. The monoisotopic (exact) mass is 397 g/mol. The summed E-state index contributed by atoms with van der Waals surface area (Å²) in [6, 6.07) is 9.71. The molecule has 1 aromatic heterocycles. The second-order valence-electron chi connectivity index (χ2n) is 5.67. The molecule has 2 rings (SSSR count). The Balaban J connectivity index is 2.17. The quantitative estimate of drug-likeness (QED) is 0.571. The molecular weight excluding hydrogens is 378 g/mol. The number of hydrogen-bond acceptors (Lipinski definition) is 5. The van der Waals surface area contributed by atoms with Crippen LogP contribution in [0.15, 0.2) is 40.6 Å². The molecule has 0 spiro atoms. The highest BCUT2D eigenvalue weighted by atomic mass is 32.2. The van der Waals surface area contributed by atoms with E-state index in [-0.39, 0.29) is 16.3 Å². The minimum Gasteiger partial charge on any atom is -0.480 e. The molecule has 26 heavy (non-hydrogen) atoms. The van der Waals surface area contributed by atoms with Gasteiger partial charge in [-0.15, -0.1) is 11.3 Å². The van der Waals surface area contributed by atoms with Gasteiger partial charge in [-0.2, -0.15) is 4.72 Å². The number of sulfonamides is 1. The van der Waals surface area contributed by atoms with E-state index in [4.69, 9.17) is 5.11 Å². The van der Waals surface area contributed by atoms with Gasteiger partial charge in [-0.1, -0.05) is 12.1 Å². The number of benzene rings is 1. The number of nitrogens with one attached hydrogen (secondary N) is 3. The number of carbonyl (C=O) groups excluding carboxylic acids is 1. The van der Waals surface area contributed by atoms with Crippen LogP contribution >= 0.6 is 11.3 Å². The lowest BCUT2D eigenvalue weighted by molar-refractivity contribution is -0.135. The molecule has 2 aromatic rings. The average Bonchev–Trinajstić information content (AvgIpc) is 3.03. The van der Waals surface area contributed by atoms with Gasteiger partial charge in [0.25, 0.3) is 10.0 Å². The first kappa shape index (κ1) is 19.9. The molecule has 1 aromatic carbocycles. The van der Waals surface area contributed by atoms with E-state index < -0.39 is 22.5 Å². The van der Waals surface area contributed by atoms with E-state index in [1.165, 1.54) is 6.07 Å². The van der Waals surface area contributed by atoms with E-state index in [0.29, 0.717) is 10.6 Å². The molecule has 0 unspecified atom stereocenters. The number of rotatable bonds is 7. The number of carboxylic acid groups (broad SMARTS) is 1. The van der Waals surface area contributed by atoms with E-state index in [0.717, 1.165) is 16.9 Å². The van der Waals surface area contributed by atoms with Crippen molar-refractivity contribution in [3.05, 3.63) is 36.4 Å². The number of anilines is 1. The van der Waals surface area contributed by atoms with Crippen LogP contribution in [0.2, 0.25) is 0 Å². The van der Waals surface area contributed by atoms with Crippen molar-refractivity contribution < 1.29 is 23.1 Å². The van der Waals surface area contributed by atoms with Gasteiger partial charge in [-0.3, -0.25) is 4.79 Å². The highest BCUT2D eigenvalue weighted by molar-refractivity contribution is 7.91. The number of aliphatic carboxylic acids is 1. The van der Waals surface area contributed by atoms with Crippen molar-refractivity contribution in [2.45, 2.75) is 24.1 Å². The molecule has 0 aliphatic carbocycles. The maximum Gasteiger partial charge on any atom is 0.319 e. The lowest BCUT2D eigenvalue weighted by Gasteiger charge is -2.10. The normalized spacial score (nSPS) is 11.3. The van der Waals surface area contributed by atoms with Gasteiger partial charge >= 0.3 is 12.0 Å². The fourth-order valence-electron chi connectivity index (χ4n) is 2.03. The number of carboxylic acids is 1. The van der Waals surface area contributed by atoms with Gasteiger partial charge in [-0.25, -0.2) is 13.2 Å². The van der Waals surface area contributed by atoms with Crippen molar-refractivity contribution in [3.63, 3.8) is 0 Å². The Labute approximate surface area is 155 Å². The largest absolute Gasteiger partial charge is 0.480 e. The summed E-state index contributed by atoms with van der Waals surface area (Å²) in [5.74, 6) is -1.26. The van der Waals surface area contributed by atoms with Gasteiger partial charge in [0.05, 0.1) is 0 Å². The molecule has 0 saturated heterocycles. The van der Waals surface area contributed by atoms with Crippen LogP contribution in [0.3, 0.4) is 0 Å². The van der Waals surface area contributed by atoms with Gasteiger partial charge in [0, 0.05) is 16.6 Å². The second kappa shape index (κ2) is 8.30. The molecule has 10 heteroatoms. The molecule has 1 heterocycles. The van der Waals surface area contributed by atoms with Crippen LogP contribution in [0, 0.1) is 0 Å².